The van der Waals surface area contributed by atoms with Crippen molar-refractivity contribution in [1.82, 2.24) is 9.80 Å². The van der Waals surface area contributed by atoms with Crippen LogP contribution in [0.25, 0.3) is 0 Å². The molecule has 0 radical (unpaired) electrons. The van der Waals surface area contributed by atoms with Crippen LogP contribution in [-0.4, -0.2) is 67.6 Å². The van der Waals surface area contributed by atoms with Crippen LogP contribution in [0, 0.1) is 0 Å². The highest BCUT2D eigenvalue weighted by Crippen LogP contribution is 2.21. The zero-order chi connectivity index (χ0) is 19.9. The Hall–Kier alpha value is -2.15. The van der Waals surface area contributed by atoms with Crippen LogP contribution in [0.15, 0.2) is 48.5 Å². The Bertz CT molecular complexity index is 724. The Labute approximate surface area is 166 Å². The second-order valence-corrected chi connectivity index (χ2v) is 7.27. The molecule has 1 fully saturated rings. The summed E-state index contributed by atoms with van der Waals surface area (Å²) in [7, 11) is 3.72. The van der Waals surface area contributed by atoms with Gasteiger partial charge in [0.1, 0.15) is 24.8 Å². The van der Waals surface area contributed by atoms with Gasteiger partial charge in [-0.2, -0.15) is 0 Å². The van der Waals surface area contributed by atoms with E-state index in [0.29, 0.717) is 12.3 Å². The molecule has 152 valence electrons. The third kappa shape index (κ3) is 5.44. The van der Waals surface area contributed by atoms with Crippen molar-refractivity contribution in [3.8, 4) is 11.5 Å². The molecular weight excluding hydrogens is 359 g/mol. The van der Waals surface area contributed by atoms with Crippen molar-refractivity contribution in [2.24, 2.45) is 0 Å². The molecule has 0 aliphatic carbocycles. The van der Waals surface area contributed by atoms with E-state index in [4.69, 9.17) is 9.47 Å². The van der Waals surface area contributed by atoms with Crippen LogP contribution in [0.1, 0.15) is 11.1 Å². The molecule has 2 aromatic rings. The quantitative estimate of drug-likeness (QED) is 0.716. The van der Waals surface area contributed by atoms with E-state index in [0.717, 1.165) is 30.9 Å². The third-order valence-electron chi connectivity index (χ3n) is 5.17. The van der Waals surface area contributed by atoms with Crippen LogP contribution in [-0.2, 0) is 13.1 Å². The number of nitrogens with zero attached hydrogens (tertiary/aromatic N) is 2. The maximum atomic E-state index is 12.2. The lowest BCUT2D eigenvalue weighted by molar-refractivity contribution is 0.0949. The molecule has 0 spiro atoms. The molecule has 0 unspecified atom stereocenters. The fourth-order valence-corrected chi connectivity index (χ4v) is 3.65. The molecule has 1 heterocycles. The van der Waals surface area contributed by atoms with Crippen molar-refractivity contribution in [3.63, 3.8) is 0 Å². The predicted octanol–water partition coefficient (Wildman–Crippen LogP) is 2.72. The van der Waals surface area contributed by atoms with Crippen molar-refractivity contribution in [3.05, 3.63) is 59.7 Å². The Morgan fingerprint density at radius 1 is 1.04 bits per heavy atom. The summed E-state index contributed by atoms with van der Waals surface area (Å²) in [6.45, 7) is 2.61. The monoisotopic (exact) mass is 388 g/mol. The average Bonchev–Trinajstić information content (AvgIpc) is 3.08. The number of hydrogen-bond donors (Lipinski definition) is 1. The standard InChI is InChI=1S/C22H29FN2O3/c1-24(13-17-3-7-19(27-2)8-4-17)21-15-25(16-22(21)26)14-18-5-9-20(10-6-18)28-12-11-23/h3-10,21-22,26H,11-16H2,1-2H3/t21-,22-/m1/s1. The summed E-state index contributed by atoms with van der Waals surface area (Å²) in [6.07, 6.45) is -0.379. The summed E-state index contributed by atoms with van der Waals surface area (Å²) in [5.74, 6) is 1.53. The van der Waals surface area contributed by atoms with Gasteiger partial charge in [-0.25, -0.2) is 4.39 Å². The molecule has 28 heavy (non-hydrogen) atoms. The van der Waals surface area contributed by atoms with E-state index in [2.05, 4.69) is 29.0 Å². The number of β-amino-alcohol motifs (C(OH)–C–C–N with tert-alkyl or cyclic N) is 1. The molecule has 1 aliphatic heterocycles. The van der Waals surface area contributed by atoms with Crippen LogP contribution in [0.4, 0.5) is 4.39 Å². The lowest BCUT2D eigenvalue weighted by Gasteiger charge is -2.26. The van der Waals surface area contributed by atoms with Gasteiger partial charge < -0.3 is 14.6 Å². The largest absolute Gasteiger partial charge is 0.497 e. The fourth-order valence-electron chi connectivity index (χ4n) is 3.65. The maximum Gasteiger partial charge on any atom is 0.123 e. The molecule has 1 N–H and O–H groups in total. The van der Waals surface area contributed by atoms with Crippen molar-refractivity contribution < 1.29 is 19.0 Å². The Kier molecular flexibility index (Phi) is 7.25. The van der Waals surface area contributed by atoms with Crippen molar-refractivity contribution >= 4 is 0 Å². The molecule has 0 bridgehead atoms. The van der Waals surface area contributed by atoms with E-state index in [1.165, 1.54) is 5.56 Å². The van der Waals surface area contributed by atoms with Crippen LogP contribution in [0.5, 0.6) is 11.5 Å². The first-order valence-corrected chi connectivity index (χ1v) is 9.60. The number of aliphatic hydroxyl groups is 1. The summed E-state index contributed by atoms with van der Waals surface area (Å²) < 4.78 is 22.7. The number of likely N-dealkylation sites (tertiary alicyclic amines) is 1. The zero-order valence-corrected chi connectivity index (χ0v) is 16.6. The van der Waals surface area contributed by atoms with E-state index in [1.54, 1.807) is 7.11 Å². The minimum Gasteiger partial charge on any atom is -0.497 e. The minimum absolute atomic E-state index is 0.0832. The molecule has 2 atom stereocenters. The van der Waals surface area contributed by atoms with E-state index in [-0.39, 0.29) is 18.8 Å². The van der Waals surface area contributed by atoms with E-state index >= 15 is 0 Å². The van der Waals surface area contributed by atoms with Crippen LogP contribution < -0.4 is 9.47 Å². The van der Waals surface area contributed by atoms with Gasteiger partial charge in [-0.05, 0) is 42.4 Å². The smallest absolute Gasteiger partial charge is 0.123 e. The van der Waals surface area contributed by atoms with Crippen LogP contribution >= 0.6 is 0 Å². The minimum atomic E-state index is -0.487. The number of alkyl halides is 1. The number of rotatable bonds is 9. The number of likely N-dealkylation sites (N-methyl/N-ethyl adjacent to an activating group) is 1. The first-order valence-electron chi connectivity index (χ1n) is 9.60. The van der Waals surface area contributed by atoms with Crippen LogP contribution in [0.3, 0.4) is 0 Å². The van der Waals surface area contributed by atoms with Crippen molar-refractivity contribution in [2.75, 3.05) is 40.5 Å². The van der Waals surface area contributed by atoms with Crippen LogP contribution in [0.2, 0.25) is 0 Å². The molecule has 0 amide bonds. The highest BCUT2D eigenvalue weighted by molar-refractivity contribution is 5.28. The van der Waals surface area contributed by atoms with Crippen molar-refractivity contribution in [2.45, 2.75) is 25.2 Å². The highest BCUT2D eigenvalue weighted by Gasteiger charge is 2.33. The Morgan fingerprint density at radius 3 is 2.32 bits per heavy atom. The SMILES string of the molecule is COc1ccc(CN(C)[C@@H]2CN(Cc3ccc(OCCF)cc3)C[C@H]2O)cc1. The van der Waals surface area contributed by atoms with Gasteiger partial charge >= 0.3 is 0 Å². The lowest BCUT2D eigenvalue weighted by Crippen LogP contribution is -2.40. The van der Waals surface area contributed by atoms with E-state index in [1.807, 2.05) is 36.4 Å². The summed E-state index contributed by atoms with van der Waals surface area (Å²) in [4.78, 5) is 4.47. The summed E-state index contributed by atoms with van der Waals surface area (Å²) in [5.41, 5.74) is 2.34. The second kappa shape index (κ2) is 9.87. The van der Waals surface area contributed by atoms with E-state index in [9.17, 15) is 9.50 Å². The number of methoxy groups -OCH3 is 1. The highest BCUT2D eigenvalue weighted by atomic mass is 19.1. The molecule has 2 aromatic carbocycles. The maximum absolute atomic E-state index is 12.2. The van der Waals surface area contributed by atoms with Crippen molar-refractivity contribution in [1.29, 1.82) is 0 Å². The number of halogens is 1. The van der Waals surface area contributed by atoms with Gasteiger partial charge in [0.25, 0.3) is 0 Å². The molecule has 0 saturated carbocycles. The third-order valence-corrected chi connectivity index (χ3v) is 5.17. The average molecular weight is 388 g/mol. The molecule has 3 rings (SSSR count). The Balaban J connectivity index is 1.52. The first-order chi connectivity index (χ1) is 13.6. The number of benzene rings is 2. The molecule has 1 aliphatic rings. The van der Waals surface area contributed by atoms with Gasteiger partial charge in [-0.15, -0.1) is 0 Å². The molecule has 6 heteroatoms. The van der Waals surface area contributed by atoms with Gasteiger partial charge in [0.15, 0.2) is 0 Å². The molecular formula is C22H29FN2O3. The van der Waals surface area contributed by atoms with Gasteiger partial charge in [0.2, 0.25) is 0 Å². The number of ether oxygens (including phenoxy) is 2. The van der Waals surface area contributed by atoms with Gasteiger partial charge in [0, 0.05) is 32.2 Å². The predicted molar refractivity (Wildman–Crippen MR) is 107 cm³/mol. The fraction of sp³-hybridized carbons (Fsp3) is 0.455. The van der Waals surface area contributed by atoms with E-state index < -0.39 is 6.67 Å². The lowest BCUT2D eigenvalue weighted by atomic mass is 10.1. The number of hydrogen-bond acceptors (Lipinski definition) is 5. The van der Waals surface area contributed by atoms with Gasteiger partial charge in [0.05, 0.1) is 13.2 Å². The van der Waals surface area contributed by atoms with Gasteiger partial charge in [-0.1, -0.05) is 24.3 Å². The first kappa shape index (κ1) is 20.6. The Morgan fingerprint density at radius 2 is 1.68 bits per heavy atom. The summed E-state index contributed by atoms with van der Waals surface area (Å²) >= 11 is 0. The van der Waals surface area contributed by atoms with Gasteiger partial charge in [-0.3, -0.25) is 9.80 Å². The molecule has 0 aromatic heterocycles. The zero-order valence-electron chi connectivity index (χ0n) is 16.6. The summed E-state index contributed by atoms with van der Waals surface area (Å²) in [5, 5.41) is 10.6. The second-order valence-electron chi connectivity index (χ2n) is 7.27. The summed E-state index contributed by atoms with van der Waals surface area (Å²) in [6, 6.07) is 15.8. The normalized spacial score (nSPS) is 19.9. The molecule has 1 saturated heterocycles. The molecule has 5 nitrogen and oxygen atoms in total. The topological polar surface area (TPSA) is 45.2 Å². The number of aliphatic hydroxyl groups excluding tert-OH is 1.